The molecule has 4 heterocycles. The van der Waals surface area contributed by atoms with Crippen LogP contribution in [0.1, 0.15) is 18.6 Å². The number of fused-ring (bicyclic) bond motifs is 1. The number of pyridine rings is 1. The van der Waals surface area contributed by atoms with Crippen LogP contribution in [0.25, 0.3) is 22.1 Å². The van der Waals surface area contributed by atoms with E-state index < -0.39 is 11.9 Å². The summed E-state index contributed by atoms with van der Waals surface area (Å²) in [4.78, 5) is 17.8. The molecule has 0 bridgehead atoms. The van der Waals surface area contributed by atoms with Gasteiger partial charge in [0.25, 0.3) is 0 Å². The zero-order valence-electron chi connectivity index (χ0n) is 19.1. The third-order valence-corrected chi connectivity index (χ3v) is 6.83. The van der Waals surface area contributed by atoms with Crippen LogP contribution in [-0.2, 0) is 0 Å². The van der Waals surface area contributed by atoms with Gasteiger partial charge in [-0.2, -0.15) is 0 Å². The second-order valence-electron chi connectivity index (χ2n) is 8.44. The second kappa shape index (κ2) is 9.49. The fourth-order valence-corrected chi connectivity index (χ4v) is 4.78. The maximum absolute atomic E-state index is 14.0. The molecule has 182 valence electrons. The van der Waals surface area contributed by atoms with Crippen molar-refractivity contribution in [1.82, 2.24) is 19.9 Å². The molecule has 1 fully saturated rings. The minimum Gasteiger partial charge on any atom is -0.478 e. The predicted octanol–water partition coefficient (Wildman–Crippen LogP) is 5.20. The first kappa shape index (κ1) is 23.6. The molecule has 0 saturated carbocycles. The summed E-state index contributed by atoms with van der Waals surface area (Å²) in [7, 11) is 2.10. The van der Waals surface area contributed by atoms with Crippen molar-refractivity contribution in [3.63, 3.8) is 0 Å². The number of rotatable bonds is 5. The summed E-state index contributed by atoms with van der Waals surface area (Å²) in [6.45, 7) is 5.40. The maximum Gasteiger partial charge on any atom is 0.225 e. The quantitative estimate of drug-likeness (QED) is 0.361. The van der Waals surface area contributed by atoms with Crippen LogP contribution >= 0.6 is 23.2 Å². The molecule has 1 atom stereocenters. The Morgan fingerprint density at radius 3 is 2.51 bits per heavy atom. The lowest BCUT2D eigenvalue weighted by atomic mass is 10.1. The fourth-order valence-electron chi connectivity index (χ4n) is 4.10. The monoisotopic (exact) mass is 516 g/mol. The number of piperazine rings is 1. The predicted molar refractivity (Wildman–Crippen MR) is 135 cm³/mol. The average Bonchev–Trinajstić information content (AvgIpc) is 3.28. The SMILES string of the molecule is C[C@@H](Oc1c(N)ncc2c(-c3cnc(N4CCN(C)CC4)nc3)coc12)c1c(Cl)ccc(F)c1Cl. The van der Waals surface area contributed by atoms with E-state index in [9.17, 15) is 4.39 Å². The highest BCUT2D eigenvalue weighted by molar-refractivity contribution is 6.36. The Labute approximate surface area is 211 Å². The van der Waals surface area contributed by atoms with Gasteiger partial charge in [0.1, 0.15) is 18.2 Å². The van der Waals surface area contributed by atoms with Crippen molar-refractivity contribution in [2.75, 3.05) is 43.9 Å². The van der Waals surface area contributed by atoms with Crippen LogP contribution in [0.15, 0.2) is 41.4 Å². The van der Waals surface area contributed by atoms with Gasteiger partial charge in [-0.15, -0.1) is 0 Å². The van der Waals surface area contributed by atoms with E-state index in [0.29, 0.717) is 22.5 Å². The molecule has 35 heavy (non-hydrogen) atoms. The zero-order chi connectivity index (χ0) is 24.7. The van der Waals surface area contributed by atoms with Crippen molar-refractivity contribution in [3.8, 4) is 16.9 Å². The van der Waals surface area contributed by atoms with E-state index in [0.717, 1.165) is 37.3 Å². The normalized spacial score (nSPS) is 15.5. The maximum atomic E-state index is 14.0. The van der Waals surface area contributed by atoms with E-state index in [1.54, 1.807) is 31.8 Å². The number of benzene rings is 1. The third-order valence-electron chi connectivity index (χ3n) is 6.12. The first-order valence-electron chi connectivity index (χ1n) is 11.0. The van der Waals surface area contributed by atoms with Crippen LogP contribution in [0.5, 0.6) is 5.75 Å². The molecule has 0 unspecified atom stereocenters. The Morgan fingerprint density at radius 1 is 1.09 bits per heavy atom. The van der Waals surface area contributed by atoms with E-state index in [2.05, 4.69) is 31.8 Å². The molecule has 0 aliphatic carbocycles. The number of nitrogens with zero attached hydrogens (tertiary/aromatic N) is 5. The summed E-state index contributed by atoms with van der Waals surface area (Å²) in [6.07, 6.45) is 5.99. The fraction of sp³-hybridized carbons (Fsp3) is 0.292. The smallest absolute Gasteiger partial charge is 0.225 e. The van der Waals surface area contributed by atoms with Gasteiger partial charge in [0, 0.05) is 66.5 Å². The number of likely N-dealkylation sites (N-methyl/N-ethyl adjacent to an activating group) is 1. The lowest BCUT2D eigenvalue weighted by Crippen LogP contribution is -2.45. The van der Waals surface area contributed by atoms with E-state index >= 15 is 0 Å². The van der Waals surface area contributed by atoms with Crippen molar-refractivity contribution in [3.05, 3.63) is 58.4 Å². The van der Waals surface area contributed by atoms with Crippen molar-refractivity contribution in [2.24, 2.45) is 0 Å². The molecule has 1 aromatic carbocycles. The van der Waals surface area contributed by atoms with Gasteiger partial charge in [-0.1, -0.05) is 23.2 Å². The molecule has 11 heteroatoms. The number of aromatic nitrogens is 3. The van der Waals surface area contributed by atoms with Gasteiger partial charge in [-0.05, 0) is 26.1 Å². The standard InChI is InChI=1S/C24H23Cl2FN6O2/c1-13(19-17(25)3-4-18(27)20(19)26)35-22-21-15(11-29-23(22)28)16(12-34-21)14-9-30-24(31-10-14)33-7-5-32(2)6-8-33/h3-4,9-13H,5-8H2,1-2H3,(H2,28,29)/t13-/m1/s1. The topological polar surface area (TPSA) is 93.5 Å². The largest absolute Gasteiger partial charge is 0.478 e. The van der Waals surface area contributed by atoms with Gasteiger partial charge in [0.15, 0.2) is 11.4 Å². The Bertz CT molecular complexity index is 1370. The summed E-state index contributed by atoms with van der Waals surface area (Å²) in [5, 5.41) is 0.843. The zero-order valence-corrected chi connectivity index (χ0v) is 20.6. The van der Waals surface area contributed by atoms with Crippen LogP contribution in [-0.4, -0.2) is 53.1 Å². The van der Waals surface area contributed by atoms with Gasteiger partial charge < -0.3 is 24.7 Å². The highest BCUT2D eigenvalue weighted by Crippen LogP contribution is 2.41. The minimum atomic E-state index is -0.722. The Hall–Kier alpha value is -3.14. The Balaban J connectivity index is 1.45. The summed E-state index contributed by atoms with van der Waals surface area (Å²) in [5.41, 5.74) is 8.33. The molecule has 1 aliphatic heterocycles. The van der Waals surface area contributed by atoms with Gasteiger partial charge in [0.05, 0.1) is 10.4 Å². The Morgan fingerprint density at radius 2 is 1.80 bits per heavy atom. The van der Waals surface area contributed by atoms with Gasteiger partial charge in [-0.3, -0.25) is 0 Å². The number of halogens is 3. The lowest BCUT2D eigenvalue weighted by Gasteiger charge is -2.32. The lowest BCUT2D eigenvalue weighted by molar-refractivity contribution is 0.227. The number of anilines is 2. The molecule has 2 N–H and O–H groups in total. The molecule has 1 aliphatic rings. The van der Waals surface area contributed by atoms with Crippen molar-refractivity contribution >= 4 is 45.9 Å². The number of hydrogen-bond donors (Lipinski definition) is 1. The van der Waals surface area contributed by atoms with Crippen molar-refractivity contribution in [2.45, 2.75) is 13.0 Å². The number of hydrogen-bond acceptors (Lipinski definition) is 8. The molecule has 3 aromatic heterocycles. The summed E-state index contributed by atoms with van der Waals surface area (Å²) < 4.78 is 25.9. The highest BCUT2D eigenvalue weighted by Gasteiger charge is 2.23. The van der Waals surface area contributed by atoms with Crippen LogP contribution in [0, 0.1) is 5.82 Å². The minimum absolute atomic E-state index is 0.110. The van der Waals surface area contributed by atoms with E-state index in [1.165, 1.54) is 12.1 Å². The summed E-state index contributed by atoms with van der Waals surface area (Å²) >= 11 is 12.4. The Kier molecular flexibility index (Phi) is 6.39. The van der Waals surface area contributed by atoms with E-state index in [-0.39, 0.29) is 21.6 Å². The van der Waals surface area contributed by atoms with Crippen molar-refractivity contribution < 1.29 is 13.5 Å². The molecule has 5 rings (SSSR count). The highest BCUT2D eigenvalue weighted by atomic mass is 35.5. The molecule has 4 aromatic rings. The second-order valence-corrected chi connectivity index (χ2v) is 9.23. The van der Waals surface area contributed by atoms with Gasteiger partial charge in [-0.25, -0.2) is 19.3 Å². The first-order chi connectivity index (χ1) is 16.8. The van der Waals surface area contributed by atoms with E-state index in [1.807, 2.05) is 0 Å². The van der Waals surface area contributed by atoms with Gasteiger partial charge >= 0.3 is 0 Å². The summed E-state index contributed by atoms with van der Waals surface area (Å²) in [5.74, 6) is 0.438. The number of nitrogen functional groups attached to an aromatic ring is 1. The van der Waals surface area contributed by atoms with Crippen LogP contribution in [0.4, 0.5) is 16.2 Å². The molecule has 0 spiro atoms. The first-order valence-corrected chi connectivity index (χ1v) is 11.8. The molecule has 8 nitrogen and oxygen atoms in total. The number of furan rings is 1. The summed E-state index contributed by atoms with van der Waals surface area (Å²) in [6, 6.07) is 2.63. The number of nitrogens with two attached hydrogens (primary N) is 1. The molecule has 0 radical (unpaired) electrons. The van der Waals surface area contributed by atoms with Crippen LogP contribution < -0.4 is 15.4 Å². The van der Waals surface area contributed by atoms with Crippen molar-refractivity contribution in [1.29, 1.82) is 0 Å². The molecule has 1 saturated heterocycles. The molecular formula is C24H23Cl2FN6O2. The third kappa shape index (κ3) is 4.47. The molecular weight excluding hydrogens is 494 g/mol. The number of ether oxygens (including phenoxy) is 1. The van der Waals surface area contributed by atoms with Crippen LogP contribution in [0.3, 0.4) is 0 Å². The molecule has 0 amide bonds. The van der Waals surface area contributed by atoms with Crippen LogP contribution in [0.2, 0.25) is 10.0 Å². The van der Waals surface area contributed by atoms with Gasteiger partial charge in [0.2, 0.25) is 11.7 Å². The average molecular weight is 517 g/mol. The van der Waals surface area contributed by atoms with E-state index in [4.69, 9.17) is 38.1 Å².